The lowest BCUT2D eigenvalue weighted by atomic mass is 9.99. The minimum absolute atomic E-state index is 0.251. The van der Waals surface area contributed by atoms with Crippen LogP contribution in [0.25, 0.3) is 0 Å². The summed E-state index contributed by atoms with van der Waals surface area (Å²) in [5, 5.41) is 2.94. The summed E-state index contributed by atoms with van der Waals surface area (Å²) < 4.78 is 5.24. The molecule has 1 N–H and O–H groups in total. The molecule has 94 valence electrons. The van der Waals surface area contributed by atoms with Gasteiger partial charge >= 0.3 is 6.09 Å². The van der Waals surface area contributed by atoms with Crippen molar-refractivity contribution in [2.24, 2.45) is 0 Å². The zero-order chi connectivity index (χ0) is 12.3. The maximum atomic E-state index is 11.6. The number of likely N-dealkylation sites (tertiary alicyclic amines) is 1. The summed E-state index contributed by atoms with van der Waals surface area (Å²) in [6, 6.07) is 0.773. The highest BCUT2D eigenvalue weighted by atomic mass is 16.6. The summed E-state index contributed by atoms with van der Waals surface area (Å²) in [5.41, 5.74) is -0.416. The first-order valence-electron chi connectivity index (χ1n) is 5.97. The van der Waals surface area contributed by atoms with E-state index in [2.05, 4.69) is 24.2 Å². The minimum atomic E-state index is -0.416. The number of carbonyl (C=O) groups is 1. The first kappa shape index (κ1) is 13.3. The molecule has 0 bridgehead atoms. The molecule has 1 rings (SSSR count). The lowest BCUT2D eigenvalue weighted by Crippen LogP contribution is -2.48. The molecule has 0 radical (unpaired) electrons. The maximum Gasteiger partial charge on any atom is 0.407 e. The summed E-state index contributed by atoms with van der Waals surface area (Å²) in [7, 11) is 2.12. The molecule has 0 saturated carbocycles. The zero-order valence-corrected chi connectivity index (χ0v) is 11.0. The van der Waals surface area contributed by atoms with Crippen molar-refractivity contribution in [3.05, 3.63) is 0 Å². The second-order valence-corrected chi connectivity index (χ2v) is 5.70. The zero-order valence-electron chi connectivity index (χ0n) is 11.0. The van der Waals surface area contributed by atoms with Gasteiger partial charge in [-0.05, 0) is 47.6 Å². The van der Waals surface area contributed by atoms with Crippen molar-refractivity contribution in [1.82, 2.24) is 10.2 Å². The molecule has 0 aliphatic carbocycles. The lowest BCUT2D eigenvalue weighted by Gasteiger charge is -2.35. The fraction of sp³-hybridized carbons (Fsp3) is 0.917. The fourth-order valence-corrected chi connectivity index (χ4v) is 1.89. The molecule has 1 aliphatic rings. The Morgan fingerprint density at radius 2 is 2.06 bits per heavy atom. The van der Waals surface area contributed by atoms with Crippen LogP contribution in [-0.4, -0.2) is 42.3 Å². The van der Waals surface area contributed by atoms with E-state index < -0.39 is 5.60 Å². The van der Waals surface area contributed by atoms with Crippen molar-refractivity contribution in [3.63, 3.8) is 0 Å². The van der Waals surface area contributed by atoms with E-state index in [0.29, 0.717) is 6.04 Å². The number of ether oxygens (including phenoxy) is 1. The van der Waals surface area contributed by atoms with E-state index in [1.54, 1.807) is 0 Å². The maximum absolute atomic E-state index is 11.6. The van der Waals surface area contributed by atoms with Crippen LogP contribution in [0.3, 0.4) is 0 Å². The average Bonchev–Trinajstić information content (AvgIpc) is 2.08. The van der Waals surface area contributed by atoms with Gasteiger partial charge in [0.05, 0.1) is 0 Å². The normalized spacial score (nSPS) is 27.6. The number of carbonyl (C=O) groups excluding carboxylic acids is 1. The highest BCUT2D eigenvalue weighted by Gasteiger charge is 2.25. The average molecular weight is 228 g/mol. The Morgan fingerprint density at radius 3 is 2.56 bits per heavy atom. The van der Waals surface area contributed by atoms with Gasteiger partial charge < -0.3 is 15.0 Å². The number of hydrogen-bond donors (Lipinski definition) is 1. The number of rotatable bonds is 1. The van der Waals surface area contributed by atoms with Gasteiger partial charge in [-0.15, -0.1) is 0 Å². The van der Waals surface area contributed by atoms with Crippen LogP contribution in [-0.2, 0) is 4.74 Å². The number of alkyl carbamates (subject to hydrolysis) is 1. The van der Waals surface area contributed by atoms with Crippen molar-refractivity contribution in [2.45, 2.75) is 58.2 Å². The molecular formula is C12H24N2O2. The number of piperidine rings is 1. The predicted octanol–water partition coefficient (Wildman–Crippen LogP) is 1.99. The van der Waals surface area contributed by atoms with Crippen LogP contribution in [0.15, 0.2) is 0 Å². The van der Waals surface area contributed by atoms with Gasteiger partial charge in [-0.1, -0.05) is 0 Å². The fourth-order valence-electron chi connectivity index (χ4n) is 1.89. The summed E-state index contributed by atoms with van der Waals surface area (Å²) in [4.78, 5) is 13.9. The summed E-state index contributed by atoms with van der Waals surface area (Å²) in [6.45, 7) is 8.85. The van der Waals surface area contributed by atoms with E-state index in [1.165, 1.54) is 0 Å². The molecule has 0 spiro atoms. The number of nitrogens with one attached hydrogen (secondary N) is 1. The number of nitrogens with zero attached hydrogens (tertiary/aromatic N) is 1. The van der Waals surface area contributed by atoms with E-state index in [0.717, 1.165) is 19.4 Å². The standard InChI is InChI=1S/C12H24N2O2/c1-9-8-10(6-7-14(9)5)13-11(15)16-12(2,3)4/h9-10H,6-8H2,1-5H3,(H,13,15)/t9-,10+/m0/s1. The molecule has 0 unspecified atom stereocenters. The number of amides is 1. The molecule has 0 aromatic heterocycles. The van der Waals surface area contributed by atoms with Gasteiger partial charge in [-0.2, -0.15) is 0 Å². The molecule has 0 aromatic carbocycles. The molecule has 1 amide bonds. The molecule has 2 atom stereocenters. The topological polar surface area (TPSA) is 41.6 Å². The van der Waals surface area contributed by atoms with Crippen LogP contribution in [0, 0.1) is 0 Å². The largest absolute Gasteiger partial charge is 0.444 e. The van der Waals surface area contributed by atoms with Gasteiger partial charge in [0.1, 0.15) is 5.60 Å². The Labute approximate surface area is 98.3 Å². The van der Waals surface area contributed by atoms with Crippen LogP contribution in [0.2, 0.25) is 0 Å². The Kier molecular flexibility index (Phi) is 4.19. The van der Waals surface area contributed by atoms with E-state index in [9.17, 15) is 4.79 Å². The van der Waals surface area contributed by atoms with E-state index >= 15 is 0 Å². The number of hydrogen-bond acceptors (Lipinski definition) is 3. The van der Waals surface area contributed by atoms with Gasteiger partial charge in [-0.3, -0.25) is 0 Å². The van der Waals surface area contributed by atoms with Crippen molar-refractivity contribution in [3.8, 4) is 0 Å². The van der Waals surface area contributed by atoms with Crippen molar-refractivity contribution in [2.75, 3.05) is 13.6 Å². The third-order valence-corrected chi connectivity index (χ3v) is 2.93. The van der Waals surface area contributed by atoms with Gasteiger partial charge in [0.2, 0.25) is 0 Å². The molecule has 1 heterocycles. The van der Waals surface area contributed by atoms with Crippen LogP contribution in [0.5, 0.6) is 0 Å². The third kappa shape index (κ3) is 4.39. The Morgan fingerprint density at radius 1 is 1.44 bits per heavy atom. The van der Waals surface area contributed by atoms with Gasteiger partial charge in [0.25, 0.3) is 0 Å². The minimum Gasteiger partial charge on any atom is -0.444 e. The predicted molar refractivity (Wildman–Crippen MR) is 64.5 cm³/mol. The molecule has 1 saturated heterocycles. The molecule has 0 aromatic rings. The molecule has 4 heteroatoms. The lowest BCUT2D eigenvalue weighted by molar-refractivity contribution is 0.0468. The first-order chi connectivity index (χ1) is 7.28. The van der Waals surface area contributed by atoms with Crippen molar-refractivity contribution >= 4 is 6.09 Å². The summed E-state index contributed by atoms with van der Waals surface area (Å²) >= 11 is 0. The molecule has 16 heavy (non-hydrogen) atoms. The Bertz CT molecular complexity index is 248. The molecular weight excluding hydrogens is 204 g/mol. The van der Waals surface area contributed by atoms with Crippen LogP contribution in [0.4, 0.5) is 4.79 Å². The highest BCUT2D eigenvalue weighted by Crippen LogP contribution is 2.16. The van der Waals surface area contributed by atoms with Crippen LogP contribution < -0.4 is 5.32 Å². The van der Waals surface area contributed by atoms with Gasteiger partial charge in [0, 0.05) is 18.6 Å². The Hall–Kier alpha value is -0.770. The quantitative estimate of drug-likeness (QED) is 0.746. The summed E-state index contributed by atoms with van der Waals surface area (Å²) in [5.74, 6) is 0. The summed E-state index contributed by atoms with van der Waals surface area (Å²) in [6.07, 6.45) is 1.70. The first-order valence-corrected chi connectivity index (χ1v) is 5.97. The monoisotopic (exact) mass is 228 g/mol. The van der Waals surface area contributed by atoms with E-state index in [1.807, 2.05) is 20.8 Å². The molecule has 4 nitrogen and oxygen atoms in total. The van der Waals surface area contributed by atoms with Crippen molar-refractivity contribution in [1.29, 1.82) is 0 Å². The van der Waals surface area contributed by atoms with Crippen LogP contribution >= 0.6 is 0 Å². The van der Waals surface area contributed by atoms with Gasteiger partial charge in [-0.25, -0.2) is 4.79 Å². The molecule has 1 fully saturated rings. The second-order valence-electron chi connectivity index (χ2n) is 5.70. The van der Waals surface area contributed by atoms with E-state index in [-0.39, 0.29) is 12.1 Å². The smallest absolute Gasteiger partial charge is 0.407 e. The second kappa shape index (κ2) is 5.04. The van der Waals surface area contributed by atoms with E-state index in [4.69, 9.17) is 4.74 Å². The van der Waals surface area contributed by atoms with Crippen LogP contribution in [0.1, 0.15) is 40.5 Å². The highest BCUT2D eigenvalue weighted by molar-refractivity contribution is 5.68. The third-order valence-electron chi connectivity index (χ3n) is 2.93. The SMILES string of the molecule is C[C@H]1C[C@H](NC(=O)OC(C)(C)C)CCN1C. The van der Waals surface area contributed by atoms with Gasteiger partial charge in [0.15, 0.2) is 0 Å². The Balaban J connectivity index is 2.35. The molecule has 1 aliphatic heterocycles. The van der Waals surface area contributed by atoms with Crippen molar-refractivity contribution < 1.29 is 9.53 Å².